The third kappa shape index (κ3) is 2.07. The van der Waals surface area contributed by atoms with Crippen LogP contribution in [0.4, 0.5) is 5.82 Å². The average molecular weight is 211 g/mol. The first-order valence-corrected chi connectivity index (χ1v) is 5.99. The maximum atomic E-state index is 4.57. The molecule has 1 unspecified atom stereocenters. The van der Waals surface area contributed by atoms with Crippen LogP contribution in [0.3, 0.4) is 0 Å². The lowest BCUT2D eigenvalue weighted by molar-refractivity contribution is 0.250. The van der Waals surface area contributed by atoms with Crippen LogP contribution in [0, 0.1) is 0 Å². The second-order valence-corrected chi connectivity index (χ2v) is 4.81. The fourth-order valence-corrected chi connectivity index (χ4v) is 2.90. The Kier molecular flexibility index (Phi) is 3.03. The molecule has 2 rings (SSSR count). The van der Waals surface area contributed by atoms with Crippen LogP contribution in [0.2, 0.25) is 0 Å². The molecular weight excluding hydrogens is 194 g/mol. The van der Waals surface area contributed by atoms with E-state index < -0.39 is 0 Å². The number of rotatable bonds is 2. The monoisotopic (exact) mass is 211 g/mol. The number of likely N-dealkylation sites (N-methyl/N-ethyl adjacent to an activating group) is 1. The molecule has 0 aromatic carbocycles. The van der Waals surface area contributed by atoms with Gasteiger partial charge in [0.2, 0.25) is 0 Å². The molecule has 78 valence electrons. The van der Waals surface area contributed by atoms with Crippen molar-refractivity contribution in [1.29, 1.82) is 0 Å². The van der Waals surface area contributed by atoms with Gasteiger partial charge in [-0.25, -0.2) is 4.98 Å². The lowest BCUT2D eigenvalue weighted by Crippen LogP contribution is -2.30. The Balaban J connectivity index is 2.06. The number of nitrogens with one attached hydrogen (secondary N) is 1. The molecule has 1 N–H and O–H groups in total. The summed E-state index contributed by atoms with van der Waals surface area (Å²) in [6.07, 6.45) is 2.59. The number of likely N-dealkylation sites (tertiary alicyclic amines) is 1. The Morgan fingerprint density at radius 2 is 2.50 bits per heavy atom. The zero-order valence-electron chi connectivity index (χ0n) is 8.79. The minimum atomic E-state index is 0.654. The van der Waals surface area contributed by atoms with Gasteiger partial charge in [-0.1, -0.05) is 0 Å². The Bertz CT molecular complexity index is 297. The zero-order chi connectivity index (χ0) is 9.97. The second kappa shape index (κ2) is 4.28. The maximum absolute atomic E-state index is 4.57. The van der Waals surface area contributed by atoms with Crippen molar-refractivity contribution in [3.05, 3.63) is 10.4 Å². The van der Waals surface area contributed by atoms with Crippen LogP contribution >= 0.6 is 11.3 Å². The van der Waals surface area contributed by atoms with Crippen LogP contribution in [0.25, 0.3) is 0 Å². The van der Waals surface area contributed by atoms with Crippen molar-refractivity contribution < 1.29 is 0 Å². The maximum Gasteiger partial charge on any atom is 0.137 e. The highest BCUT2D eigenvalue weighted by atomic mass is 32.1. The minimum absolute atomic E-state index is 0.654. The first-order chi connectivity index (χ1) is 6.79. The van der Waals surface area contributed by atoms with E-state index in [1.54, 1.807) is 11.3 Å². The molecule has 4 heteroatoms. The third-order valence-electron chi connectivity index (χ3n) is 2.75. The van der Waals surface area contributed by atoms with E-state index in [1.807, 2.05) is 7.05 Å². The van der Waals surface area contributed by atoms with E-state index >= 15 is 0 Å². The predicted octanol–water partition coefficient (Wildman–Crippen LogP) is 1.99. The predicted molar refractivity (Wildman–Crippen MR) is 61.1 cm³/mol. The van der Waals surface area contributed by atoms with Gasteiger partial charge >= 0.3 is 0 Å². The molecule has 2 heterocycles. The normalized spacial score (nSPS) is 23.7. The van der Waals surface area contributed by atoms with Gasteiger partial charge in [-0.05, 0) is 26.4 Å². The summed E-state index contributed by atoms with van der Waals surface area (Å²) in [7, 11) is 4.12. The highest BCUT2D eigenvalue weighted by Gasteiger charge is 2.21. The standard InChI is InChI=1S/C10H17N3S/c1-11-9-7-14-10(12-9)8-4-3-5-13(2)6-8/h7-8,11H,3-6H2,1-2H3. The van der Waals surface area contributed by atoms with Gasteiger partial charge in [-0.3, -0.25) is 0 Å². The van der Waals surface area contributed by atoms with E-state index in [4.69, 9.17) is 0 Å². The van der Waals surface area contributed by atoms with Crippen LogP contribution < -0.4 is 5.32 Å². The number of hydrogen-bond donors (Lipinski definition) is 1. The lowest BCUT2D eigenvalue weighted by atomic mass is 9.99. The van der Waals surface area contributed by atoms with Crippen molar-refractivity contribution in [1.82, 2.24) is 9.88 Å². The van der Waals surface area contributed by atoms with Gasteiger partial charge in [-0.2, -0.15) is 0 Å². The van der Waals surface area contributed by atoms with E-state index in [1.165, 1.54) is 24.4 Å². The van der Waals surface area contributed by atoms with Crippen LogP contribution in [0.1, 0.15) is 23.8 Å². The summed E-state index contributed by atoms with van der Waals surface area (Å²) >= 11 is 1.78. The summed E-state index contributed by atoms with van der Waals surface area (Å²) in [5, 5.41) is 6.48. The highest BCUT2D eigenvalue weighted by Crippen LogP contribution is 2.29. The third-order valence-corrected chi connectivity index (χ3v) is 3.76. The molecule has 0 saturated carbocycles. The summed E-state index contributed by atoms with van der Waals surface area (Å²) in [6, 6.07) is 0. The second-order valence-electron chi connectivity index (χ2n) is 3.92. The Morgan fingerprint density at radius 3 is 3.14 bits per heavy atom. The van der Waals surface area contributed by atoms with Crippen molar-refractivity contribution in [3.63, 3.8) is 0 Å². The van der Waals surface area contributed by atoms with Gasteiger partial charge in [0, 0.05) is 24.9 Å². The summed E-state index contributed by atoms with van der Waals surface area (Å²) in [6.45, 7) is 2.40. The first-order valence-electron chi connectivity index (χ1n) is 5.11. The molecule has 1 aromatic heterocycles. The number of aromatic nitrogens is 1. The Morgan fingerprint density at radius 1 is 1.64 bits per heavy atom. The SMILES string of the molecule is CNc1csc(C2CCCN(C)C2)n1. The quantitative estimate of drug-likeness (QED) is 0.811. The smallest absolute Gasteiger partial charge is 0.137 e. The number of nitrogens with zero attached hydrogens (tertiary/aromatic N) is 2. The van der Waals surface area contributed by atoms with Gasteiger partial charge in [-0.15, -0.1) is 11.3 Å². The Hall–Kier alpha value is -0.610. The van der Waals surface area contributed by atoms with Crippen molar-refractivity contribution in [3.8, 4) is 0 Å². The van der Waals surface area contributed by atoms with Crippen LogP contribution in [0.5, 0.6) is 0 Å². The topological polar surface area (TPSA) is 28.2 Å². The van der Waals surface area contributed by atoms with E-state index in [9.17, 15) is 0 Å². The molecule has 1 saturated heterocycles. The van der Waals surface area contributed by atoms with Crippen molar-refractivity contribution in [2.24, 2.45) is 0 Å². The number of hydrogen-bond acceptors (Lipinski definition) is 4. The highest BCUT2D eigenvalue weighted by molar-refractivity contribution is 7.10. The number of anilines is 1. The molecule has 1 atom stereocenters. The lowest BCUT2D eigenvalue weighted by Gasteiger charge is -2.28. The van der Waals surface area contributed by atoms with Gasteiger partial charge < -0.3 is 10.2 Å². The molecular formula is C10H17N3S. The van der Waals surface area contributed by atoms with Crippen molar-refractivity contribution in [2.75, 3.05) is 32.5 Å². The summed E-state index contributed by atoms with van der Waals surface area (Å²) < 4.78 is 0. The van der Waals surface area contributed by atoms with E-state index in [0.717, 1.165) is 12.4 Å². The first kappa shape index (κ1) is 9.93. The summed E-state index contributed by atoms with van der Waals surface area (Å²) in [5.41, 5.74) is 0. The molecule has 0 spiro atoms. The molecule has 3 nitrogen and oxygen atoms in total. The summed E-state index contributed by atoms with van der Waals surface area (Å²) in [5.74, 6) is 1.67. The molecule has 0 aliphatic carbocycles. The van der Waals surface area contributed by atoms with E-state index in [0.29, 0.717) is 5.92 Å². The van der Waals surface area contributed by atoms with Gasteiger partial charge in [0.1, 0.15) is 5.82 Å². The van der Waals surface area contributed by atoms with E-state index in [-0.39, 0.29) is 0 Å². The zero-order valence-corrected chi connectivity index (χ0v) is 9.60. The van der Waals surface area contributed by atoms with Gasteiger partial charge in [0.15, 0.2) is 0 Å². The molecule has 14 heavy (non-hydrogen) atoms. The van der Waals surface area contributed by atoms with Crippen LogP contribution in [-0.4, -0.2) is 37.1 Å². The van der Waals surface area contributed by atoms with E-state index in [2.05, 4.69) is 27.6 Å². The fourth-order valence-electron chi connectivity index (χ4n) is 1.96. The molecule has 0 bridgehead atoms. The largest absolute Gasteiger partial charge is 0.372 e. The molecule has 0 amide bonds. The molecule has 1 fully saturated rings. The molecule has 1 aromatic rings. The summed E-state index contributed by atoms with van der Waals surface area (Å²) in [4.78, 5) is 6.97. The average Bonchev–Trinajstić information content (AvgIpc) is 2.66. The fraction of sp³-hybridized carbons (Fsp3) is 0.700. The molecule has 1 aliphatic heterocycles. The van der Waals surface area contributed by atoms with Gasteiger partial charge in [0.25, 0.3) is 0 Å². The number of thiazole rings is 1. The van der Waals surface area contributed by atoms with Gasteiger partial charge in [0.05, 0.1) is 5.01 Å². The minimum Gasteiger partial charge on any atom is -0.372 e. The number of piperidine rings is 1. The van der Waals surface area contributed by atoms with Crippen LogP contribution in [0.15, 0.2) is 5.38 Å². The Labute approximate surface area is 89.1 Å². The molecule has 0 radical (unpaired) electrons. The van der Waals surface area contributed by atoms with Crippen LogP contribution in [-0.2, 0) is 0 Å². The van der Waals surface area contributed by atoms with Crippen molar-refractivity contribution >= 4 is 17.2 Å². The van der Waals surface area contributed by atoms with Crippen molar-refractivity contribution in [2.45, 2.75) is 18.8 Å². The molecule has 1 aliphatic rings.